The molecule has 1 aliphatic heterocycles. The van der Waals surface area contributed by atoms with E-state index >= 15 is 0 Å². The van der Waals surface area contributed by atoms with Crippen molar-refractivity contribution in [2.45, 2.75) is 76.7 Å². The number of nitrogens with one attached hydrogen (secondary N) is 2. The molecule has 1 heterocycles. The van der Waals surface area contributed by atoms with Crippen LogP contribution in [-0.2, 0) is 26.0 Å². The highest BCUT2D eigenvalue weighted by atomic mass is 32.2. The minimum atomic E-state index is -4.08. The number of amidine groups is 1. The highest BCUT2D eigenvalue weighted by Crippen LogP contribution is 2.35. The van der Waals surface area contributed by atoms with Gasteiger partial charge in [0.25, 0.3) is 0 Å². The smallest absolute Gasteiger partial charge is 0.241 e. The van der Waals surface area contributed by atoms with Crippen molar-refractivity contribution in [2.24, 2.45) is 5.73 Å². The fourth-order valence-corrected chi connectivity index (χ4v) is 6.62. The summed E-state index contributed by atoms with van der Waals surface area (Å²) in [5, 5.41) is 7.77. The van der Waals surface area contributed by atoms with Gasteiger partial charge in [-0.25, -0.2) is 8.42 Å². The number of rotatable bonds is 10. The maximum absolute atomic E-state index is 14.2. The van der Waals surface area contributed by atoms with Crippen LogP contribution in [-0.4, -0.2) is 57.4 Å². The molecule has 4 N–H and O–H groups in total. The van der Waals surface area contributed by atoms with E-state index in [4.69, 9.17) is 15.9 Å². The molecule has 1 unspecified atom stereocenters. The number of nitrogen functional groups attached to an aromatic ring is 1. The van der Waals surface area contributed by atoms with Crippen LogP contribution in [0.5, 0.6) is 0 Å². The summed E-state index contributed by atoms with van der Waals surface area (Å²) >= 11 is 0. The Morgan fingerprint density at radius 1 is 1.00 bits per heavy atom. The Labute approximate surface area is 227 Å². The minimum Gasteiger partial charge on any atom is -0.384 e. The topological polar surface area (TPSA) is 126 Å². The normalized spacial score (nSPS) is 15.3. The first-order valence-corrected chi connectivity index (χ1v) is 14.8. The lowest BCUT2D eigenvalue weighted by atomic mass is 9.89. The maximum Gasteiger partial charge on any atom is 0.241 e. The van der Waals surface area contributed by atoms with Crippen molar-refractivity contribution in [3.8, 4) is 0 Å². The SMILES string of the molecule is CC(C)c1cc(C(C)C)c(S(=O)(=O)NC(Cc2cccc(C(=N)N)c2)C(=O)N2CCOCC2)c(C(C)C)c1. The first kappa shape index (κ1) is 29.8. The number of hydrogen-bond donors (Lipinski definition) is 3. The van der Waals surface area contributed by atoms with Gasteiger partial charge in [0.15, 0.2) is 0 Å². The lowest BCUT2D eigenvalue weighted by Crippen LogP contribution is -2.52. The third-order valence-corrected chi connectivity index (χ3v) is 8.55. The summed E-state index contributed by atoms with van der Waals surface area (Å²) in [5.74, 6) is -0.186. The summed E-state index contributed by atoms with van der Waals surface area (Å²) in [7, 11) is -4.08. The average molecular weight is 543 g/mol. The first-order chi connectivity index (χ1) is 17.8. The molecule has 0 bridgehead atoms. The van der Waals surface area contributed by atoms with E-state index < -0.39 is 16.1 Å². The molecule has 208 valence electrons. The van der Waals surface area contributed by atoms with Gasteiger partial charge in [0.05, 0.1) is 18.1 Å². The number of nitrogens with two attached hydrogens (primary N) is 1. The first-order valence-electron chi connectivity index (χ1n) is 13.3. The second kappa shape index (κ2) is 12.4. The standard InChI is InChI=1S/C29H42N4O4S/c1-18(2)23-16-24(19(3)4)27(25(17-23)20(5)6)38(35,36)32-26(29(34)33-10-12-37-13-11-33)15-21-8-7-9-22(14-21)28(30)31/h7-9,14,16-20,26,32H,10-13,15H2,1-6H3,(H3,30,31). The second-order valence-corrected chi connectivity index (χ2v) is 12.6. The van der Waals surface area contributed by atoms with Crippen LogP contribution in [0.25, 0.3) is 0 Å². The molecule has 0 aromatic heterocycles. The molecule has 1 atom stereocenters. The monoisotopic (exact) mass is 542 g/mol. The molecule has 0 aliphatic carbocycles. The Morgan fingerprint density at radius 3 is 2.08 bits per heavy atom. The van der Waals surface area contributed by atoms with Crippen LogP contribution < -0.4 is 10.5 Å². The van der Waals surface area contributed by atoms with Gasteiger partial charge >= 0.3 is 0 Å². The zero-order chi connectivity index (χ0) is 28.2. The van der Waals surface area contributed by atoms with Crippen molar-refractivity contribution < 1.29 is 17.9 Å². The molecule has 1 aliphatic rings. The van der Waals surface area contributed by atoms with Crippen LogP contribution in [0.2, 0.25) is 0 Å². The van der Waals surface area contributed by atoms with Crippen molar-refractivity contribution >= 4 is 21.8 Å². The van der Waals surface area contributed by atoms with Crippen molar-refractivity contribution in [1.29, 1.82) is 5.41 Å². The summed E-state index contributed by atoms with van der Waals surface area (Å²) in [5.41, 5.74) is 9.52. The van der Waals surface area contributed by atoms with E-state index in [-0.39, 0.29) is 40.8 Å². The molecule has 2 aromatic rings. The highest BCUT2D eigenvalue weighted by Gasteiger charge is 2.34. The molecule has 1 fully saturated rings. The molecule has 3 rings (SSSR count). The Kier molecular flexibility index (Phi) is 9.73. The number of carbonyl (C=O) groups excluding carboxylic acids is 1. The summed E-state index contributed by atoms with van der Waals surface area (Å²) in [4.78, 5) is 15.6. The van der Waals surface area contributed by atoms with Gasteiger partial charge in [0.1, 0.15) is 11.9 Å². The molecule has 38 heavy (non-hydrogen) atoms. The fraction of sp³-hybridized carbons (Fsp3) is 0.517. The second-order valence-electron chi connectivity index (χ2n) is 10.9. The predicted molar refractivity (Wildman–Crippen MR) is 151 cm³/mol. The van der Waals surface area contributed by atoms with E-state index in [0.29, 0.717) is 31.9 Å². The highest BCUT2D eigenvalue weighted by molar-refractivity contribution is 7.89. The van der Waals surface area contributed by atoms with E-state index in [1.165, 1.54) is 0 Å². The van der Waals surface area contributed by atoms with E-state index in [9.17, 15) is 13.2 Å². The summed E-state index contributed by atoms with van der Waals surface area (Å²) in [6.45, 7) is 13.8. The number of amides is 1. The largest absolute Gasteiger partial charge is 0.384 e. The number of morpholine rings is 1. The Hall–Kier alpha value is -2.75. The van der Waals surface area contributed by atoms with Crippen molar-refractivity contribution in [2.75, 3.05) is 26.3 Å². The van der Waals surface area contributed by atoms with E-state index in [0.717, 1.165) is 22.3 Å². The quantitative estimate of drug-likeness (QED) is 0.308. The van der Waals surface area contributed by atoms with Crippen molar-refractivity contribution in [1.82, 2.24) is 9.62 Å². The van der Waals surface area contributed by atoms with Crippen LogP contribution in [0, 0.1) is 5.41 Å². The van der Waals surface area contributed by atoms with Crippen LogP contribution in [0.1, 0.15) is 87.1 Å². The number of sulfonamides is 1. The Morgan fingerprint density at radius 2 is 1.58 bits per heavy atom. The molecular weight excluding hydrogens is 500 g/mol. The summed E-state index contributed by atoms with van der Waals surface area (Å²) < 4.78 is 36.5. The number of nitrogens with zero attached hydrogens (tertiary/aromatic N) is 1. The number of benzene rings is 2. The zero-order valence-corrected chi connectivity index (χ0v) is 24.2. The molecule has 1 saturated heterocycles. The van der Waals surface area contributed by atoms with E-state index in [2.05, 4.69) is 18.6 Å². The maximum atomic E-state index is 14.2. The minimum absolute atomic E-state index is 0.0292. The van der Waals surface area contributed by atoms with Gasteiger partial charge in [-0.05, 0) is 52.5 Å². The lowest BCUT2D eigenvalue weighted by Gasteiger charge is -2.31. The van der Waals surface area contributed by atoms with Gasteiger partial charge in [0.2, 0.25) is 15.9 Å². The molecule has 0 radical (unpaired) electrons. The number of carbonyl (C=O) groups is 1. The molecule has 1 amide bonds. The number of ether oxygens (including phenoxy) is 1. The third kappa shape index (κ3) is 7.01. The zero-order valence-electron chi connectivity index (χ0n) is 23.4. The lowest BCUT2D eigenvalue weighted by molar-refractivity contribution is -0.137. The van der Waals surface area contributed by atoms with Crippen molar-refractivity contribution in [3.63, 3.8) is 0 Å². The Balaban J connectivity index is 2.10. The van der Waals surface area contributed by atoms with Crippen LogP contribution in [0.3, 0.4) is 0 Å². The van der Waals surface area contributed by atoms with Gasteiger partial charge in [-0.15, -0.1) is 0 Å². The van der Waals surface area contributed by atoms with E-state index in [1.807, 2.05) is 45.9 Å². The van der Waals surface area contributed by atoms with Gasteiger partial charge in [-0.3, -0.25) is 10.2 Å². The molecule has 2 aromatic carbocycles. The molecule has 8 nitrogen and oxygen atoms in total. The van der Waals surface area contributed by atoms with Gasteiger partial charge in [-0.2, -0.15) is 4.72 Å². The average Bonchev–Trinajstić information content (AvgIpc) is 2.87. The van der Waals surface area contributed by atoms with Crippen LogP contribution in [0.4, 0.5) is 0 Å². The molecule has 0 spiro atoms. The van der Waals surface area contributed by atoms with Crippen molar-refractivity contribution in [3.05, 3.63) is 64.2 Å². The predicted octanol–water partition coefficient (Wildman–Crippen LogP) is 4.09. The van der Waals surface area contributed by atoms with Crippen LogP contribution in [0.15, 0.2) is 41.3 Å². The van der Waals surface area contributed by atoms with Gasteiger partial charge in [-0.1, -0.05) is 71.9 Å². The summed E-state index contributed by atoms with van der Waals surface area (Å²) in [6.07, 6.45) is 0.134. The summed E-state index contributed by atoms with van der Waals surface area (Å²) in [6, 6.07) is 9.98. The number of hydrogen-bond acceptors (Lipinski definition) is 5. The molecule has 0 saturated carbocycles. The molecular formula is C29H42N4O4S. The fourth-order valence-electron chi connectivity index (χ4n) is 4.73. The van der Waals surface area contributed by atoms with Crippen LogP contribution >= 0.6 is 0 Å². The van der Waals surface area contributed by atoms with E-state index in [1.54, 1.807) is 23.1 Å². The Bertz CT molecular complexity index is 1240. The third-order valence-electron chi connectivity index (χ3n) is 6.94. The molecule has 9 heteroatoms. The van der Waals surface area contributed by atoms with Gasteiger partial charge < -0.3 is 15.4 Å². The van der Waals surface area contributed by atoms with Gasteiger partial charge in [0, 0.05) is 18.7 Å².